The van der Waals surface area contributed by atoms with E-state index in [0.29, 0.717) is 28.0 Å². The number of amides is 1. The van der Waals surface area contributed by atoms with Gasteiger partial charge in [0.1, 0.15) is 17.6 Å². The topological polar surface area (TPSA) is 48.0 Å². The highest BCUT2D eigenvalue weighted by Crippen LogP contribution is 2.44. The van der Waals surface area contributed by atoms with Gasteiger partial charge in [0.05, 0.1) is 0 Å². The molecular formula is C23H17ClFNO4. The van der Waals surface area contributed by atoms with Crippen LogP contribution in [0.1, 0.15) is 17.2 Å². The molecule has 30 heavy (non-hydrogen) atoms. The van der Waals surface area contributed by atoms with Crippen molar-refractivity contribution < 1.29 is 23.4 Å². The molecule has 2 heterocycles. The van der Waals surface area contributed by atoms with Gasteiger partial charge in [-0.15, -0.1) is 0 Å². The van der Waals surface area contributed by atoms with Crippen LogP contribution in [0.15, 0.2) is 60.7 Å². The summed E-state index contributed by atoms with van der Waals surface area (Å²) < 4.78 is 30.4. The molecule has 2 atom stereocenters. The number of halogens is 2. The van der Waals surface area contributed by atoms with E-state index in [1.807, 2.05) is 25.1 Å². The number of carbonyl (C=O) groups excluding carboxylic acids is 1. The number of benzene rings is 3. The van der Waals surface area contributed by atoms with Crippen molar-refractivity contribution in [2.75, 3.05) is 11.7 Å². The van der Waals surface area contributed by atoms with Crippen LogP contribution in [0, 0.1) is 12.7 Å². The molecule has 2 unspecified atom stereocenters. The molecule has 1 fully saturated rings. The lowest BCUT2D eigenvalue weighted by atomic mass is 9.89. The lowest BCUT2D eigenvalue weighted by molar-refractivity contribution is -0.135. The first-order valence-corrected chi connectivity index (χ1v) is 9.80. The molecule has 1 amide bonds. The molecule has 0 radical (unpaired) electrons. The Morgan fingerprint density at radius 2 is 1.80 bits per heavy atom. The van der Waals surface area contributed by atoms with E-state index in [1.165, 1.54) is 12.1 Å². The zero-order chi connectivity index (χ0) is 20.8. The first-order chi connectivity index (χ1) is 14.5. The second-order valence-corrected chi connectivity index (χ2v) is 7.63. The summed E-state index contributed by atoms with van der Waals surface area (Å²) in [4.78, 5) is 14.7. The third-order valence-electron chi connectivity index (χ3n) is 5.28. The largest absolute Gasteiger partial charge is 0.478 e. The molecule has 7 heteroatoms. The molecule has 5 nitrogen and oxygen atoms in total. The number of carbonyl (C=O) groups is 1. The highest BCUT2D eigenvalue weighted by atomic mass is 35.5. The van der Waals surface area contributed by atoms with Crippen molar-refractivity contribution in [3.63, 3.8) is 0 Å². The zero-order valence-corrected chi connectivity index (χ0v) is 16.7. The number of hydrogen-bond acceptors (Lipinski definition) is 4. The molecule has 152 valence electrons. The number of nitrogens with zero attached hydrogens (tertiary/aromatic N) is 1. The summed E-state index contributed by atoms with van der Waals surface area (Å²) in [6.07, 6.45) is -0.740. The highest BCUT2D eigenvalue weighted by Gasteiger charge is 2.51. The maximum atomic E-state index is 13.4. The Balaban J connectivity index is 1.52. The summed E-state index contributed by atoms with van der Waals surface area (Å²) in [6.45, 7) is 2.03. The van der Waals surface area contributed by atoms with Crippen LogP contribution in [0.4, 0.5) is 10.1 Å². The van der Waals surface area contributed by atoms with Crippen LogP contribution >= 0.6 is 11.6 Å². The van der Waals surface area contributed by atoms with Crippen LogP contribution in [0.3, 0.4) is 0 Å². The lowest BCUT2D eigenvalue weighted by Crippen LogP contribution is -2.61. The molecule has 0 aliphatic carbocycles. The van der Waals surface area contributed by atoms with Crippen LogP contribution in [-0.2, 0) is 4.79 Å². The van der Waals surface area contributed by atoms with Crippen LogP contribution in [0.5, 0.6) is 17.2 Å². The van der Waals surface area contributed by atoms with E-state index in [1.54, 1.807) is 35.2 Å². The number of aryl methyl sites for hydroxylation is 1. The Bertz CT molecular complexity index is 1130. The smallest absolute Gasteiger partial charge is 0.271 e. The minimum Gasteiger partial charge on any atom is -0.478 e. The number of rotatable bonds is 4. The molecule has 2 aliphatic heterocycles. The predicted octanol–water partition coefficient (Wildman–Crippen LogP) is 5.05. The molecule has 3 aromatic rings. The average molecular weight is 426 g/mol. The van der Waals surface area contributed by atoms with Crippen LogP contribution in [0.2, 0.25) is 5.02 Å². The van der Waals surface area contributed by atoms with E-state index in [0.717, 1.165) is 11.1 Å². The van der Waals surface area contributed by atoms with Gasteiger partial charge in [-0.1, -0.05) is 17.7 Å². The molecule has 0 aromatic heterocycles. The average Bonchev–Trinajstić information content (AvgIpc) is 3.20. The standard InChI is InChI=1S/C23H17ClFNO4/c1-13-10-15(24)3-9-18(13)30-22-21(14-2-8-19-20(11-14)29-12-28-19)26(23(22)27)17-6-4-16(25)5-7-17/h2-11,21-22H,12H2,1H3. The van der Waals surface area contributed by atoms with E-state index in [9.17, 15) is 9.18 Å². The fraction of sp³-hybridized carbons (Fsp3) is 0.174. The quantitative estimate of drug-likeness (QED) is 0.549. The molecule has 2 aliphatic rings. The van der Waals surface area contributed by atoms with Gasteiger partial charge in [0.15, 0.2) is 11.5 Å². The summed E-state index contributed by atoms with van der Waals surface area (Å²) in [6, 6.07) is 16.2. The zero-order valence-electron chi connectivity index (χ0n) is 16.0. The maximum absolute atomic E-state index is 13.4. The van der Waals surface area contributed by atoms with Gasteiger partial charge in [0.2, 0.25) is 12.9 Å². The maximum Gasteiger partial charge on any atom is 0.271 e. The van der Waals surface area contributed by atoms with Crippen molar-refractivity contribution >= 4 is 23.2 Å². The van der Waals surface area contributed by atoms with Gasteiger partial charge in [-0.25, -0.2) is 4.39 Å². The fourth-order valence-corrected chi connectivity index (χ4v) is 4.00. The van der Waals surface area contributed by atoms with Gasteiger partial charge in [0.25, 0.3) is 5.91 Å². The SMILES string of the molecule is Cc1cc(Cl)ccc1OC1C(=O)N(c2ccc(F)cc2)C1c1ccc2c(c1)OCO2. The van der Waals surface area contributed by atoms with E-state index < -0.39 is 12.1 Å². The monoisotopic (exact) mass is 425 g/mol. The van der Waals surface area contributed by atoms with Gasteiger partial charge in [0, 0.05) is 10.7 Å². The van der Waals surface area contributed by atoms with Crippen molar-refractivity contribution in [3.05, 3.63) is 82.6 Å². The van der Waals surface area contributed by atoms with Gasteiger partial charge < -0.3 is 14.2 Å². The normalized spacial score (nSPS) is 19.6. The summed E-state index contributed by atoms with van der Waals surface area (Å²) in [7, 11) is 0. The van der Waals surface area contributed by atoms with E-state index >= 15 is 0 Å². The van der Waals surface area contributed by atoms with Gasteiger partial charge in [-0.3, -0.25) is 9.69 Å². The predicted molar refractivity (Wildman–Crippen MR) is 110 cm³/mol. The molecule has 0 N–H and O–H groups in total. The summed E-state index contributed by atoms with van der Waals surface area (Å²) in [5.74, 6) is 1.29. The molecule has 5 rings (SSSR count). The number of hydrogen-bond donors (Lipinski definition) is 0. The van der Waals surface area contributed by atoms with E-state index in [4.69, 9.17) is 25.8 Å². The van der Waals surface area contributed by atoms with Crippen LogP contribution in [0.25, 0.3) is 0 Å². The van der Waals surface area contributed by atoms with E-state index in [2.05, 4.69) is 0 Å². The van der Waals surface area contributed by atoms with Crippen molar-refractivity contribution in [2.24, 2.45) is 0 Å². The van der Waals surface area contributed by atoms with Crippen molar-refractivity contribution in [1.82, 2.24) is 0 Å². The molecule has 0 saturated carbocycles. The number of ether oxygens (including phenoxy) is 3. The minimum atomic E-state index is -0.740. The third kappa shape index (κ3) is 3.13. The van der Waals surface area contributed by atoms with Gasteiger partial charge in [-0.2, -0.15) is 0 Å². The first-order valence-electron chi connectivity index (χ1n) is 9.42. The van der Waals surface area contributed by atoms with Crippen molar-refractivity contribution in [1.29, 1.82) is 0 Å². The Hall–Kier alpha value is -3.25. The van der Waals surface area contributed by atoms with E-state index in [-0.39, 0.29) is 18.5 Å². The summed E-state index contributed by atoms with van der Waals surface area (Å²) in [5.41, 5.74) is 2.26. The van der Waals surface area contributed by atoms with Crippen LogP contribution < -0.4 is 19.1 Å². The first kappa shape index (κ1) is 18.8. The molecular weight excluding hydrogens is 409 g/mol. The lowest BCUT2D eigenvalue weighted by Gasteiger charge is -2.46. The second-order valence-electron chi connectivity index (χ2n) is 7.19. The number of fused-ring (bicyclic) bond motifs is 1. The summed E-state index contributed by atoms with van der Waals surface area (Å²) in [5, 5.41) is 0.597. The highest BCUT2D eigenvalue weighted by molar-refractivity contribution is 6.30. The Kier molecular flexibility index (Phi) is 4.51. The fourth-order valence-electron chi connectivity index (χ4n) is 3.77. The molecule has 1 saturated heterocycles. The van der Waals surface area contributed by atoms with Crippen LogP contribution in [-0.4, -0.2) is 18.8 Å². The van der Waals surface area contributed by atoms with Gasteiger partial charge >= 0.3 is 0 Å². The van der Waals surface area contributed by atoms with Crippen molar-refractivity contribution in [2.45, 2.75) is 19.1 Å². The Labute approximate surface area is 177 Å². The molecule has 0 spiro atoms. The number of anilines is 1. The van der Waals surface area contributed by atoms with Crippen molar-refractivity contribution in [3.8, 4) is 17.2 Å². The van der Waals surface area contributed by atoms with Gasteiger partial charge in [-0.05, 0) is 72.6 Å². The Morgan fingerprint density at radius 3 is 2.57 bits per heavy atom. The Morgan fingerprint density at radius 1 is 1.03 bits per heavy atom. The number of β-lactam (4-membered cyclic amide) rings is 1. The third-order valence-corrected chi connectivity index (χ3v) is 5.51. The minimum absolute atomic E-state index is 0.161. The summed E-state index contributed by atoms with van der Waals surface area (Å²) >= 11 is 6.04. The second kappa shape index (κ2) is 7.22. The molecule has 3 aromatic carbocycles. The molecule has 0 bridgehead atoms.